The lowest BCUT2D eigenvalue weighted by atomic mass is 9.95. The van der Waals surface area contributed by atoms with Crippen molar-refractivity contribution >= 4 is 5.82 Å². The van der Waals surface area contributed by atoms with Crippen LogP contribution in [0.5, 0.6) is 0 Å². The number of piperidine rings is 1. The van der Waals surface area contributed by atoms with Crippen molar-refractivity contribution in [3.63, 3.8) is 0 Å². The van der Waals surface area contributed by atoms with Gasteiger partial charge in [0.15, 0.2) is 6.20 Å². The van der Waals surface area contributed by atoms with Gasteiger partial charge < -0.3 is 15.4 Å². The monoisotopic (exact) mass is 225 g/mol. The zero-order chi connectivity index (χ0) is 11.4. The first-order valence-corrected chi connectivity index (χ1v) is 5.51. The Hall–Kier alpha value is -1.50. The van der Waals surface area contributed by atoms with Crippen molar-refractivity contribution in [1.82, 2.24) is 20.3 Å². The van der Waals surface area contributed by atoms with Crippen LogP contribution in [-0.2, 0) is 6.54 Å². The Morgan fingerprint density at radius 2 is 2.31 bits per heavy atom. The Balaban J connectivity index is 1.81. The van der Waals surface area contributed by atoms with E-state index in [1.54, 1.807) is 0 Å². The van der Waals surface area contributed by atoms with E-state index in [0.29, 0.717) is 12.5 Å². The van der Waals surface area contributed by atoms with Crippen molar-refractivity contribution in [2.24, 2.45) is 5.92 Å². The Bertz CT molecular complexity index is 359. The highest BCUT2D eigenvalue weighted by molar-refractivity contribution is 5.07. The predicted molar refractivity (Wildman–Crippen MR) is 56.9 cm³/mol. The summed E-state index contributed by atoms with van der Waals surface area (Å²) in [5, 5.41) is 21.4. The number of rotatable bonds is 4. The molecule has 1 aromatic heterocycles. The summed E-state index contributed by atoms with van der Waals surface area (Å²) in [6.07, 6.45) is 4.53. The van der Waals surface area contributed by atoms with Gasteiger partial charge in [0.25, 0.3) is 0 Å². The van der Waals surface area contributed by atoms with Crippen LogP contribution in [0.4, 0.5) is 5.82 Å². The molecule has 2 rings (SSSR count). The number of nitrogens with zero attached hydrogens (tertiary/aromatic N) is 4. The summed E-state index contributed by atoms with van der Waals surface area (Å²) in [6.45, 7) is 2.80. The Morgan fingerprint density at radius 1 is 1.56 bits per heavy atom. The van der Waals surface area contributed by atoms with Crippen molar-refractivity contribution in [2.45, 2.75) is 25.8 Å². The molecule has 0 radical (unpaired) electrons. The Kier molecular flexibility index (Phi) is 3.45. The number of hydrogen-bond acceptors (Lipinski definition) is 5. The fourth-order valence-electron chi connectivity index (χ4n) is 1.95. The second-order valence-electron chi connectivity index (χ2n) is 4.04. The minimum atomic E-state index is -0.520. The van der Waals surface area contributed by atoms with Crippen molar-refractivity contribution in [2.75, 3.05) is 13.1 Å². The zero-order valence-electron chi connectivity index (χ0n) is 9.00. The average Bonchev–Trinajstić information content (AvgIpc) is 2.76. The largest absolute Gasteiger partial charge is 0.410 e. The van der Waals surface area contributed by atoms with E-state index in [1.807, 2.05) is 0 Å². The van der Waals surface area contributed by atoms with Gasteiger partial charge in [0, 0.05) is 0 Å². The topological polar surface area (TPSA) is 85.9 Å². The number of hydrogen-bond donors (Lipinski definition) is 1. The van der Waals surface area contributed by atoms with E-state index >= 15 is 0 Å². The lowest BCUT2D eigenvalue weighted by Gasteiger charge is -2.21. The number of aryl methyl sites for hydroxylation is 1. The molecular formula is C9H15N5O2. The maximum Gasteiger partial charge on any atom is 0.410 e. The van der Waals surface area contributed by atoms with Crippen LogP contribution < -0.4 is 5.32 Å². The van der Waals surface area contributed by atoms with Gasteiger partial charge in [0.1, 0.15) is 0 Å². The molecule has 0 spiro atoms. The van der Waals surface area contributed by atoms with Crippen LogP contribution in [0.1, 0.15) is 19.3 Å². The highest BCUT2D eigenvalue weighted by Gasteiger charge is 2.16. The second-order valence-corrected chi connectivity index (χ2v) is 4.04. The van der Waals surface area contributed by atoms with E-state index in [2.05, 4.69) is 15.5 Å². The standard InChI is InChI=1S/C9H15N5O2/c15-14(16)9-7-11-13(12-9)6-3-8-1-4-10-5-2-8/h7-8,10H,1-6H2. The van der Waals surface area contributed by atoms with Gasteiger partial charge in [0.2, 0.25) is 0 Å². The van der Waals surface area contributed by atoms with Gasteiger partial charge in [-0.1, -0.05) is 4.80 Å². The molecule has 0 saturated carbocycles. The van der Waals surface area contributed by atoms with Crippen LogP contribution in [0.25, 0.3) is 0 Å². The molecule has 16 heavy (non-hydrogen) atoms. The van der Waals surface area contributed by atoms with E-state index in [-0.39, 0.29) is 5.82 Å². The molecule has 0 bridgehead atoms. The summed E-state index contributed by atoms with van der Waals surface area (Å²) in [7, 11) is 0. The number of nitrogens with one attached hydrogen (secondary N) is 1. The first kappa shape index (κ1) is 11.0. The second kappa shape index (κ2) is 5.02. The fraction of sp³-hybridized carbons (Fsp3) is 0.778. The van der Waals surface area contributed by atoms with Crippen LogP contribution in [0.15, 0.2) is 6.20 Å². The summed E-state index contributed by atoms with van der Waals surface area (Å²) < 4.78 is 0. The fourth-order valence-corrected chi connectivity index (χ4v) is 1.95. The van der Waals surface area contributed by atoms with Gasteiger partial charge in [-0.15, -0.1) is 5.10 Å². The van der Waals surface area contributed by atoms with Gasteiger partial charge in [-0.3, -0.25) is 0 Å². The third kappa shape index (κ3) is 2.75. The zero-order valence-corrected chi connectivity index (χ0v) is 9.00. The van der Waals surface area contributed by atoms with Crippen molar-refractivity contribution in [3.05, 3.63) is 16.3 Å². The van der Waals surface area contributed by atoms with Gasteiger partial charge in [-0.2, -0.15) is 0 Å². The SMILES string of the molecule is O=[N+]([O-])c1cnn(CCC2CCNCC2)n1. The van der Waals surface area contributed by atoms with E-state index < -0.39 is 4.92 Å². The quantitative estimate of drug-likeness (QED) is 0.598. The molecule has 7 heteroatoms. The molecule has 1 fully saturated rings. The summed E-state index contributed by atoms with van der Waals surface area (Å²) in [4.78, 5) is 11.3. The van der Waals surface area contributed by atoms with Gasteiger partial charge >= 0.3 is 5.82 Å². The third-order valence-corrected chi connectivity index (χ3v) is 2.91. The highest BCUT2D eigenvalue weighted by Crippen LogP contribution is 2.16. The van der Waals surface area contributed by atoms with Crippen LogP contribution in [0, 0.1) is 16.0 Å². The molecule has 0 atom stereocenters. The van der Waals surface area contributed by atoms with Gasteiger partial charge in [-0.05, 0) is 43.2 Å². The number of nitro groups is 1. The summed E-state index contributed by atoms with van der Waals surface area (Å²) in [5.41, 5.74) is 0. The highest BCUT2D eigenvalue weighted by atomic mass is 16.6. The van der Waals surface area contributed by atoms with Crippen molar-refractivity contribution in [1.29, 1.82) is 0 Å². The maximum absolute atomic E-state index is 10.4. The van der Waals surface area contributed by atoms with E-state index in [0.717, 1.165) is 19.5 Å². The first-order chi connectivity index (χ1) is 7.75. The predicted octanol–water partition coefficient (Wildman–Crippen LogP) is 0.576. The van der Waals surface area contributed by atoms with Crippen LogP contribution >= 0.6 is 0 Å². The molecule has 0 unspecified atom stereocenters. The van der Waals surface area contributed by atoms with E-state index in [1.165, 1.54) is 23.8 Å². The normalized spacial score (nSPS) is 17.5. The molecule has 1 aliphatic rings. The smallest absolute Gasteiger partial charge is 0.358 e. The van der Waals surface area contributed by atoms with Crippen molar-refractivity contribution in [3.8, 4) is 0 Å². The molecule has 0 amide bonds. The lowest BCUT2D eigenvalue weighted by Crippen LogP contribution is -2.28. The number of aromatic nitrogens is 3. The van der Waals surface area contributed by atoms with E-state index in [9.17, 15) is 10.1 Å². The van der Waals surface area contributed by atoms with Crippen molar-refractivity contribution < 1.29 is 4.92 Å². The molecule has 0 aliphatic carbocycles. The molecule has 2 heterocycles. The molecule has 1 N–H and O–H groups in total. The molecule has 88 valence electrons. The Morgan fingerprint density at radius 3 is 2.94 bits per heavy atom. The van der Waals surface area contributed by atoms with Crippen LogP contribution in [0.3, 0.4) is 0 Å². The third-order valence-electron chi connectivity index (χ3n) is 2.91. The lowest BCUT2D eigenvalue weighted by molar-refractivity contribution is -0.389. The van der Waals surface area contributed by atoms with E-state index in [4.69, 9.17) is 0 Å². The summed E-state index contributed by atoms with van der Waals surface area (Å²) in [6, 6.07) is 0. The van der Waals surface area contributed by atoms with Gasteiger partial charge in [0.05, 0.1) is 11.6 Å². The molecular weight excluding hydrogens is 210 g/mol. The molecule has 1 saturated heterocycles. The molecule has 0 aromatic carbocycles. The van der Waals surface area contributed by atoms with Crippen LogP contribution in [0.2, 0.25) is 0 Å². The molecule has 1 aromatic rings. The summed E-state index contributed by atoms with van der Waals surface area (Å²) in [5.74, 6) is 0.511. The minimum absolute atomic E-state index is 0.176. The Labute approximate surface area is 93.0 Å². The minimum Gasteiger partial charge on any atom is -0.358 e. The van der Waals surface area contributed by atoms with Crippen LogP contribution in [-0.4, -0.2) is 33.0 Å². The maximum atomic E-state index is 10.4. The molecule has 1 aliphatic heterocycles. The first-order valence-electron chi connectivity index (χ1n) is 5.51. The average molecular weight is 225 g/mol. The molecule has 7 nitrogen and oxygen atoms in total. The summed E-state index contributed by atoms with van der Waals surface area (Å²) >= 11 is 0. The van der Waals surface area contributed by atoms with Gasteiger partial charge in [-0.25, -0.2) is 0 Å².